The Bertz CT molecular complexity index is 1000. The van der Waals surface area contributed by atoms with E-state index < -0.39 is 5.76 Å². The van der Waals surface area contributed by atoms with Crippen LogP contribution in [0.15, 0.2) is 32.8 Å². The minimum atomic E-state index is -0.453. The Hall–Kier alpha value is -2.54. The summed E-state index contributed by atoms with van der Waals surface area (Å²) in [6.45, 7) is 1.88. The number of aromatic nitrogens is 3. The molecule has 1 aromatic carbocycles. The number of aryl methyl sites for hydroxylation is 1. The highest BCUT2D eigenvalue weighted by molar-refractivity contribution is 7.15. The van der Waals surface area contributed by atoms with E-state index in [4.69, 9.17) is 10.2 Å². The molecule has 3 heterocycles. The fourth-order valence-electron chi connectivity index (χ4n) is 2.29. The van der Waals surface area contributed by atoms with E-state index >= 15 is 0 Å². The van der Waals surface area contributed by atoms with Gasteiger partial charge in [0.15, 0.2) is 10.5 Å². The highest BCUT2D eigenvalue weighted by atomic mass is 32.1. The van der Waals surface area contributed by atoms with Crippen LogP contribution in [-0.4, -0.2) is 14.4 Å². The number of hydrogen-bond donors (Lipinski definition) is 2. The van der Waals surface area contributed by atoms with E-state index in [1.807, 2.05) is 34.9 Å². The maximum Gasteiger partial charge on any atom is 0.417 e. The molecule has 0 fully saturated rings. The molecule has 6 nitrogen and oxygen atoms in total. The summed E-state index contributed by atoms with van der Waals surface area (Å²) < 4.78 is 7.00. The number of H-pyrrole nitrogens is 1. The van der Waals surface area contributed by atoms with Crippen LogP contribution in [0, 0.1) is 6.92 Å². The molecule has 0 spiro atoms. The molecule has 0 bridgehead atoms. The van der Waals surface area contributed by atoms with Crippen molar-refractivity contribution in [1.82, 2.24) is 14.4 Å². The van der Waals surface area contributed by atoms with Crippen LogP contribution in [-0.2, 0) is 0 Å². The van der Waals surface area contributed by atoms with E-state index in [1.165, 1.54) is 11.3 Å². The van der Waals surface area contributed by atoms with E-state index in [1.54, 1.807) is 0 Å². The zero-order valence-corrected chi connectivity index (χ0v) is 11.3. The molecule has 3 aromatic heterocycles. The van der Waals surface area contributed by atoms with Gasteiger partial charge in [-0.25, -0.2) is 9.78 Å². The van der Waals surface area contributed by atoms with Gasteiger partial charge in [-0.1, -0.05) is 6.07 Å². The number of fused-ring (bicyclic) bond motifs is 2. The molecule has 0 unspecified atom stereocenters. The first-order chi connectivity index (χ1) is 9.63. The lowest BCUT2D eigenvalue weighted by Gasteiger charge is -2.01. The highest BCUT2D eigenvalue weighted by Gasteiger charge is 2.14. The lowest BCUT2D eigenvalue weighted by Crippen LogP contribution is -1.94. The predicted molar refractivity (Wildman–Crippen MR) is 78.0 cm³/mol. The number of nitrogen functional groups attached to an aromatic ring is 1. The zero-order valence-electron chi connectivity index (χ0n) is 10.5. The number of rotatable bonds is 1. The molecule has 0 atom stereocenters. The molecule has 0 aliphatic rings. The van der Waals surface area contributed by atoms with Crippen LogP contribution in [0.5, 0.6) is 0 Å². The molecule has 4 aromatic rings. The average molecular weight is 286 g/mol. The van der Waals surface area contributed by atoms with Crippen molar-refractivity contribution in [2.24, 2.45) is 0 Å². The second-order valence-corrected chi connectivity index (χ2v) is 5.38. The second-order valence-electron chi connectivity index (χ2n) is 4.55. The van der Waals surface area contributed by atoms with Crippen molar-refractivity contribution in [3.05, 3.63) is 39.8 Å². The predicted octanol–water partition coefficient (Wildman–Crippen LogP) is 2.39. The zero-order chi connectivity index (χ0) is 13.9. The Morgan fingerprint density at radius 2 is 2.30 bits per heavy atom. The van der Waals surface area contributed by atoms with E-state index in [9.17, 15) is 4.79 Å². The third kappa shape index (κ3) is 1.44. The normalized spacial score (nSPS) is 11.7. The highest BCUT2D eigenvalue weighted by Crippen LogP contribution is 2.31. The second kappa shape index (κ2) is 3.73. The number of nitrogens with one attached hydrogen (secondary N) is 1. The minimum Gasteiger partial charge on any atom is -0.408 e. The van der Waals surface area contributed by atoms with Crippen molar-refractivity contribution < 1.29 is 4.42 Å². The summed E-state index contributed by atoms with van der Waals surface area (Å²) in [7, 11) is 0. The molecule has 0 saturated heterocycles. The topological polar surface area (TPSA) is 89.3 Å². The number of nitrogens with zero attached hydrogens (tertiary/aromatic N) is 2. The molecule has 0 amide bonds. The maximum absolute atomic E-state index is 11.2. The van der Waals surface area contributed by atoms with Crippen LogP contribution in [0.25, 0.3) is 27.3 Å². The average Bonchev–Trinajstić information content (AvgIpc) is 3.05. The first-order valence-electron chi connectivity index (χ1n) is 5.99. The molecule has 0 aliphatic carbocycles. The van der Waals surface area contributed by atoms with Crippen LogP contribution < -0.4 is 11.5 Å². The van der Waals surface area contributed by atoms with Crippen LogP contribution in [0.3, 0.4) is 0 Å². The van der Waals surface area contributed by atoms with Gasteiger partial charge in [0.1, 0.15) is 5.82 Å². The van der Waals surface area contributed by atoms with Gasteiger partial charge in [0, 0.05) is 10.9 Å². The Morgan fingerprint density at radius 1 is 1.45 bits per heavy atom. The van der Waals surface area contributed by atoms with Crippen molar-refractivity contribution in [2.45, 2.75) is 6.92 Å². The molecule has 4 rings (SSSR count). The number of hydrogen-bond acceptors (Lipinski definition) is 5. The minimum absolute atomic E-state index is 0.453. The van der Waals surface area contributed by atoms with E-state index in [-0.39, 0.29) is 0 Å². The van der Waals surface area contributed by atoms with E-state index in [0.29, 0.717) is 16.9 Å². The number of thiazole rings is 1. The quantitative estimate of drug-likeness (QED) is 0.562. The molecule has 20 heavy (non-hydrogen) atoms. The van der Waals surface area contributed by atoms with Crippen molar-refractivity contribution in [3.63, 3.8) is 0 Å². The first kappa shape index (κ1) is 11.3. The van der Waals surface area contributed by atoms with Gasteiger partial charge in [0.2, 0.25) is 0 Å². The van der Waals surface area contributed by atoms with Gasteiger partial charge in [-0.15, -0.1) is 11.3 Å². The molecular formula is C13H10N4O2S. The van der Waals surface area contributed by atoms with Crippen molar-refractivity contribution in [1.29, 1.82) is 0 Å². The Kier molecular flexibility index (Phi) is 2.11. The number of benzene rings is 1. The number of oxazole rings is 1. The SMILES string of the molecule is Cc1nc2scc(-c3ccc4[nH]c(=O)oc4c3)n2c1N. The van der Waals surface area contributed by atoms with Crippen LogP contribution in [0.4, 0.5) is 5.82 Å². The molecular weight excluding hydrogens is 276 g/mol. The standard InChI is InChI=1S/C13H10N4O2S/c1-6-11(14)17-9(5-20-12(17)15-6)7-2-3-8-10(4-7)19-13(18)16-8/h2-5H,14H2,1H3,(H,16,18). The van der Waals surface area contributed by atoms with Crippen LogP contribution >= 0.6 is 11.3 Å². The van der Waals surface area contributed by atoms with Gasteiger partial charge in [0.25, 0.3) is 0 Å². The molecule has 7 heteroatoms. The van der Waals surface area contributed by atoms with E-state index in [2.05, 4.69) is 9.97 Å². The largest absolute Gasteiger partial charge is 0.417 e. The summed E-state index contributed by atoms with van der Waals surface area (Å²) in [6.07, 6.45) is 0. The van der Waals surface area contributed by atoms with E-state index in [0.717, 1.165) is 21.9 Å². The van der Waals surface area contributed by atoms with Crippen LogP contribution in [0.2, 0.25) is 0 Å². The Balaban J connectivity index is 2.02. The van der Waals surface area contributed by atoms with Crippen molar-refractivity contribution in [2.75, 3.05) is 5.73 Å². The molecule has 100 valence electrons. The smallest absolute Gasteiger partial charge is 0.408 e. The maximum atomic E-state index is 11.2. The first-order valence-corrected chi connectivity index (χ1v) is 6.87. The molecule has 0 aliphatic heterocycles. The van der Waals surface area contributed by atoms with Gasteiger partial charge in [-0.3, -0.25) is 9.38 Å². The molecule has 0 saturated carbocycles. The van der Waals surface area contributed by atoms with Gasteiger partial charge in [0.05, 0.1) is 16.9 Å². The summed E-state index contributed by atoms with van der Waals surface area (Å²) in [4.78, 5) is 19.1. The van der Waals surface area contributed by atoms with Gasteiger partial charge < -0.3 is 10.2 Å². The fourth-order valence-corrected chi connectivity index (χ4v) is 3.24. The Morgan fingerprint density at radius 3 is 3.15 bits per heavy atom. The summed E-state index contributed by atoms with van der Waals surface area (Å²) in [5.74, 6) is 0.178. The van der Waals surface area contributed by atoms with Gasteiger partial charge in [-0.2, -0.15) is 0 Å². The summed E-state index contributed by atoms with van der Waals surface area (Å²) in [6, 6.07) is 5.56. The summed E-state index contributed by atoms with van der Waals surface area (Å²) in [5.41, 5.74) is 9.95. The van der Waals surface area contributed by atoms with Crippen LogP contribution in [0.1, 0.15) is 5.69 Å². The number of aromatic amines is 1. The summed E-state index contributed by atoms with van der Waals surface area (Å²) in [5, 5.41) is 1.99. The number of anilines is 1. The molecule has 3 N–H and O–H groups in total. The lowest BCUT2D eigenvalue weighted by molar-refractivity contribution is 0.555. The fraction of sp³-hybridized carbons (Fsp3) is 0.0769. The monoisotopic (exact) mass is 286 g/mol. The number of imidazole rings is 1. The third-order valence-electron chi connectivity index (χ3n) is 3.30. The lowest BCUT2D eigenvalue weighted by atomic mass is 10.1. The van der Waals surface area contributed by atoms with Gasteiger partial charge >= 0.3 is 5.76 Å². The Labute approximate surface area is 116 Å². The summed E-state index contributed by atoms with van der Waals surface area (Å²) >= 11 is 1.53. The van der Waals surface area contributed by atoms with Gasteiger partial charge in [-0.05, 0) is 19.1 Å². The third-order valence-corrected chi connectivity index (χ3v) is 4.13. The van der Waals surface area contributed by atoms with Crippen molar-refractivity contribution in [3.8, 4) is 11.3 Å². The molecule has 0 radical (unpaired) electrons. The van der Waals surface area contributed by atoms with Crippen molar-refractivity contribution >= 4 is 33.2 Å². The number of nitrogens with two attached hydrogens (primary N) is 1.